The normalized spacial score (nSPS) is 20.6. The molecule has 0 N–H and O–H groups in total. The number of carbonyl (C=O) groups excluding carboxylic acids is 1. The van der Waals surface area contributed by atoms with Gasteiger partial charge in [-0.2, -0.15) is 13.2 Å². The molecular formula is C13H16F3NO2. The van der Waals surface area contributed by atoms with Crippen molar-refractivity contribution in [1.82, 2.24) is 4.90 Å². The molecule has 106 valence electrons. The lowest BCUT2D eigenvalue weighted by Crippen LogP contribution is -2.44. The first kappa shape index (κ1) is 14.0. The SMILES string of the molecule is O=C(CCc1ccco1)N1CCC[C@@H](C(F)(F)F)C1. The topological polar surface area (TPSA) is 33.5 Å². The molecule has 0 aliphatic carbocycles. The molecule has 1 atom stereocenters. The Balaban J connectivity index is 1.85. The van der Waals surface area contributed by atoms with E-state index in [2.05, 4.69) is 0 Å². The molecule has 0 unspecified atom stereocenters. The van der Waals surface area contributed by atoms with Crippen LogP contribution in [-0.4, -0.2) is 30.1 Å². The van der Waals surface area contributed by atoms with Gasteiger partial charge in [-0.05, 0) is 25.0 Å². The molecule has 3 nitrogen and oxygen atoms in total. The number of halogens is 3. The molecule has 0 bridgehead atoms. The Bertz CT molecular complexity index is 414. The zero-order valence-electron chi connectivity index (χ0n) is 10.4. The fourth-order valence-electron chi connectivity index (χ4n) is 2.31. The summed E-state index contributed by atoms with van der Waals surface area (Å²) >= 11 is 0. The summed E-state index contributed by atoms with van der Waals surface area (Å²) < 4.78 is 43.0. The number of rotatable bonds is 3. The monoisotopic (exact) mass is 275 g/mol. The van der Waals surface area contributed by atoms with Gasteiger partial charge in [0.2, 0.25) is 5.91 Å². The van der Waals surface area contributed by atoms with E-state index in [1.54, 1.807) is 12.1 Å². The van der Waals surface area contributed by atoms with Crippen LogP contribution < -0.4 is 0 Å². The maximum atomic E-state index is 12.6. The van der Waals surface area contributed by atoms with Gasteiger partial charge >= 0.3 is 6.18 Å². The molecule has 1 aliphatic rings. The summed E-state index contributed by atoms with van der Waals surface area (Å²) in [6.07, 6.45) is -1.54. The van der Waals surface area contributed by atoms with Crippen LogP contribution in [0, 0.1) is 5.92 Å². The molecule has 1 aromatic rings. The third-order valence-corrected chi connectivity index (χ3v) is 3.40. The van der Waals surface area contributed by atoms with E-state index < -0.39 is 12.1 Å². The van der Waals surface area contributed by atoms with Crippen molar-refractivity contribution in [2.45, 2.75) is 31.9 Å². The van der Waals surface area contributed by atoms with Crippen molar-refractivity contribution >= 4 is 5.91 Å². The maximum Gasteiger partial charge on any atom is 0.393 e. The van der Waals surface area contributed by atoms with Gasteiger partial charge in [0, 0.05) is 25.9 Å². The lowest BCUT2D eigenvalue weighted by molar-refractivity contribution is -0.188. The number of hydrogen-bond acceptors (Lipinski definition) is 2. The maximum absolute atomic E-state index is 12.6. The second-order valence-electron chi connectivity index (χ2n) is 4.80. The highest BCUT2D eigenvalue weighted by atomic mass is 19.4. The molecule has 0 spiro atoms. The van der Waals surface area contributed by atoms with E-state index in [-0.39, 0.29) is 25.3 Å². The zero-order chi connectivity index (χ0) is 13.9. The highest BCUT2D eigenvalue weighted by Crippen LogP contribution is 2.33. The van der Waals surface area contributed by atoms with E-state index in [4.69, 9.17) is 4.42 Å². The third kappa shape index (κ3) is 3.75. The van der Waals surface area contributed by atoms with Crippen molar-refractivity contribution in [2.24, 2.45) is 5.92 Å². The summed E-state index contributed by atoms with van der Waals surface area (Å²) in [5.74, 6) is -0.933. The number of nitrogens with zero attached hydrogens (tertiary/aromatic N) is 1. The molecular weight excluding hydrogens is 259 g/mol. The molecule has 0 aromatic carbocycles. The molecule has 2 rings (SSSR count). The molecule has 1 amide bonds. The number of carbonyl (C=O) groups is 1. The second kappa shape index (κ2) is 5.67. The molecule has 1 aromatic heterocycles. The van der Waals surface area contributed by atoms with Crippen LogP contribution in [0.1, 0.15) is 25.0 Å². The third-order valence-electron chi connectivity index (χ3n) is 3.40. The number of amides is 1. The average Bonchev–Trinajstić information content (AvgIpc) is 2.88. The lowest BCUT2D eigenvalue weighted by Gasteiger charge is -2.33. The van der Waals surface area contributed by atoms with Gasteiger partial charge in [-0.25, -0.2) is 0 Å². The van der Waals surface area contributed by atoms with Crippen LogP contribution in [0.3, 0.4) is 0 Å². The molecule has 2 heterocycles. The average molecular weight is 275 g/mol. The van der Waals surface area contributed by atoms with E-state index in [9.17, 15) is 18.0 Å². The number of likely N-dealkylation sites (tertiary alicyclic amines) is 1. The summed E-state index contributed by atoms with van der Waals surface area (Å²) in [7, 11) is 0. The fourth-order valence-corrected chi connectivity index (χ4v) is 2.31. The van der Waals surface area contributed by atoms with E-state index in [0.717, 1.165) is 0 Å². The first-order valence-corrected chi connectivity index (χ1v) is 6.33. The summed E-state index contributed by atoms with van der Waals surface area (Å²) in [6.45, 7) is 0.212. The lowest BCUT2D eigenvalue weighted by atomic mass is 9.97. The standard InChI is InChI=1S/C13H16F3NO2/c14-13(15,16)10-3-1-7-17(9-10)12(18)6-5-11-4-2-8-19-11/h2,4,8,10H,1,3,5-7,9H2/t10-/m1/s1. The van der Waals surface area contributed by atoms with Gasteiger partial charge in [-0.3, -0.25) is 4.79 Å². The largest absolute Gasteiger partial charge is 0.469 e. The molecule has 1 aliphatic heterocycles. The number of hydrogen-bond donors (Lipinski definition) is 0. The Morgan fingerprint density at radius 2 is 2.26 bits per heavy atom. The summed E-state index contributed by atoms with van der Waals surface area (Å²) in [5.41, 5.74) is 0. The molecule has 1 fully saturated rings. The number of piperidine rings is 1. The Kier molecular flexibility index (Phi) is 4.17. The first-order chi connectivity index (χ1) is 8.97. The summed E-state index contributed by atoms with van der Waals surface area (Å²) in [6, 6.07) is 3.47. The van der Waals surface area contributed by atoms with Crippen LogP contribution in [0.5, 0.6) is 0 Å². The highest BCUT2D eigenvalue weighted by molar-refractivity contribution is 5.76. The van der Waals surface area contributed by atoms with Gasteiger partial charge in [0.1, 0.15) is 5.76 Å². The van der Waals surface area contributed by atoms with Gasteiger partial charge in [-0.15, -0.1) is 0 Å². The molecule has 0 saturated carbocycles. The van der Waals surface area contributed by atoms with Crippen molar-refractivity contribution in [3.05, 3.63) is 24.2 Å². The molecule has 1 saturated heterocycles. The van der Waals surface area contributed by atoms with Crippen LogP contribution in [0.2, 0.25) is 0 Å². The van der Waals surface area contributed by atoms with Crippen LogP contribution >= 0.6 is 0 Å². The van der Waals surface area contributed by atoms with Crippen molar-refractivity contribution in [2.75, 3.05) is 13.1 Å². The summed E-state index contributed by atoms with van der Waals surface area (Å²) in [5, 5.41) is 0. The van der Waals surface area contributed by atoms with Gasteiger partial charge in [0.25, 0.3) is 0 Å². The quantitative estimate of drug-likeness (QED) is 0.849. The minimum atomic E-state index is -4.21. The minimum Gasteiger partial charge on any atom is -0.469 e. The van der Waals surface area contributed by atoms with Crippen LogP contribution in [0.4, 0.5) is 13.2 Å². The first-order valence-electron chi connectivity index (χ1n) is 6.33. The summed E-state index contributed by atoms with van der Waals surface area (Å²) in [4.78, 5) is 13.2. The van der Waals surface area contributed by atoms with Gasteiger partial charge in [-0.1, -0.05) is 0 Å². The smallest absolute Gasteiger partial charge is 0.393 e. The van der Waals surface area contributed by atoms with Crippen molar-refractivity contribution in [1.29, 1.82) is 0 Å². The van der Waals surface area contributed by atoms with E-state index >= 15 is 0 Å². The van der Waals surface area contributed by atoms with Gasteiger partial charge in [0.15, 0.2) is 0 Å². The van der Waals surface area contributed by atoms with Crippen molar-refractivity contribution < 1.29 is 22.4 Å². The molecule has 6 heteroatoms. The number of furan rings is 1. The van der Waals surface area contributed by atoms with Crippen LogP contribution in [-0.2, 0) is 11.2 Å². The second-order valence-corrected chi connectivity index (χ2v) is 4.80. The number of alkyl halides is 3. The predicted molar refractivity (Wildman–Crippen MR) is 62.4 cm³/mol. The predicted octanol–water partition coefficient (Wildman–Crippen LogP) is 3.01. The van der Waals surface area contributed by atoms with Crippen LogP contribution in [0.15, 0.2) is 22.8 Å². The Labute approximate surface area is 109 Å². The van der Waals surface area contributed by atoms with E-state index in [1.165, 1.54) is 11.2 Å². The fraction of sp³-hybridized carbons (Fsp3) is 0.615. The molecule has 0 radical (unpaired) electrons. The van der Waals surface area contributed by atoms with E-state index in [1.807, 2.05) is 0 Å². The van der Waals surface area contributed by atoms with E-state index in [0.29, 0.717) is 25.1 Å². The Hall–Kier alpha value is -1.46. The van der Waals surface area contributed by atoms with Gasteiger partial charge < -0.3 is 9.32 Å². The van der Waals surface area contributed by atoms with Gasteiger partial charge in [0.05, 0.1) is 12.2 Å². The van der Waals surface area contributed by atoms with Crippen LogP contribution in [0.25, 0.3) is 0 Å². The highest BCUT2D eigenvalue weighted by Gasteiger charge is 2.42. The molecule has 19 heavy (non-hydrogen) atoms. The Morgan fingerprint density at radius 1 is 1.47 bits per heavy atom. The Morgan fingerprint density at radius 3 is 2.89 bits per heavy atom. The zero-order valence-corrected chi connectivity index (χ0v) is 10.4. The van der Waals surface area contributed by atoms with Crippen molar-refractivity contribution in [3.8, 4) is 0 Å². The van der Waals surface area contributed by atoms with Crippen molar-refractivity contribution in [3.63, 3.8) is 0 Å². The number of aryl methyl sites for hydroxylation is 1. The minimum absolute atomic E-state index is 0.117.